The maximum absolute atomic E-state index is 13.5. The van der Waals surface area contributed by atoms with Gasteiger partial charge in [-0.05, 0) is 62.1 Å². The number of unbranched alkanes of at least 4 members (excludes halogenated alkanes) is 1. The summed E-state index contributed by atoms with van der Waals surface area (Å²) in [5, 5.41) is 4.20. The maximum atomic E-state index is 13.5. The summed E-state index contributed by atoms with van der Waals surface area (Å²) in [6.07, 6.45) is 6.31. The van der Waals surface area contributed by atoms with Gasteiger partial charge in [0.05, 0.1) is 0 Å². The molecule has 0 saturated carbocycles. The number of hydrogen-bond acceptors (Lipinski definition) is 5. The minimum atomic E-state index is -3.54. The van der Waals surface area contributed by atoms with Crippen LogP contribution in [0.5, 0.6) is 0 Å². The second-order valence-electron chi connectivity index (χ2n) is 10.8. The van der Waals surface area contributed by atoms with Gasteiger partial charge in [0, 0.05) is 38.1 Å². The van der Waals surface area contributed by atoms with Crippen molar-refractivity contribution in [1.82, 2.24) is 19.8 Å². The molecule has 4 rings (SSSR count). The third kappa shape index (κ3) is 7.80. The fraction of sp³-hybridized carbons (Fsp3) is 0.484. The van der Waals surface area contributed by atoms with E-state index in [1.807, 2.05) is 48.2 Å². The molecule has 0 bridgehead atoms. The second kappa shape index (κ2) is 14.1. The minimum Gasteiger partial charge on any atom is -0.342 e. The normalized spacial score (nSPS) is 19.8. The Balaban J connectivity index is 1.25. The number of piperazine rings is 1. The van der Waals surface area contributed by atoms with E-state index >= 15 is 0 Å². The van der Waals surface area contributed by atoms with Crippen LogP contribution in [0.1, 0.15) is 56.6 Å². The Morgan fingerprint density at radius 3 is 2.33 bits per heavy atom. The maximum Gasteiger partial charge on any atom is 0.246 e. The van der Waals surface area contributed by atoms with Crippen molar-refractivity contribution in [3.63, 3.8) is 0 Å². The molecule has 1 spiro atoms. The number of sulfonamides is 1. The van der Waals surface area contributed by atoms with Gasteiger partial charge in [0.15, 0.2) is 0 Å². The summed E-state index contributed by atoms with van der Waals surface area (Å²) in [6.45, 7) is 5.40. The third-order valence-corrected chi connectivity index (χ3v) is 9.06. The number of carbonyl (C=O) groups is 2. The lowest BCUT2D eigenvalue weighted by molar-refractivity contribution is -0.161. The predicted molar refractivity (Wildman–Crippen MR) is 159 cm³/mol. The van der Waals surface area contributed by atoms with Gasteiger partial charge in [0.2, 0.25) is 21.8 Å². The summed E-state index contributed by atoms with van der Waals surface area (Å²) in [5.41, 5.74) is 1.35. The Labute approximate surface area is 238 Å². The summed E-state index contributed by atoms with van der Waals surface area (Å²) in [7, 11) is -3.54. The molecular weight excluding hydrogens is 524 g/mol. The Bertz CT molecular complexity index is 1240. The minimum absolute atomic E-state index is 0.00874. The van der Waals surface area contributed by atoms with Crippen LogP contribution in [-0.4, -0.2) is 74.3 Å². The van der Waals surface area contributed by atoms with Gasteiger partial charge in [0.25, 0.3) is 0 Å². The molecule has 2 saturated heterocycles. The summed E-state index contributed by atoms with van der Waals surface area (Å²) >= 11 is 0. The molecule has 1 atom stereocenters. The highest BCUT2D eigenvalue weighted by molar-refractivity contribution is 7.92. The van der Waals surface area contributed by atoms with Gasteiger partial charge in [-0.15, -0.1) is 0 Å². The summed E-state index contributed by atoms with van der Waals surface area (Å²) < 4.78 is 27.1. The van der Waals surface area contributed by atoms with Gasteiger partial charge in [-0.3, -0.25) is 9.59 Å². The number of amides is 2. The van der Waals surface area contributed by atoms with Gasteiger partial charge < -0.3 is 15.1 Å². The molecule has 2 amide bonds. The van der Waals surface area contributed by atoms with Gasteiger partial charge in [-0.1, -0.05) is 67.6 Å². The van der Waals surface area contributed by atoms with Crippen molar-refractivity contribution < 1.29 is 18.0 Å². The smallest absolute Gasteiger partial charge is 0.246 e. The van der Waals surface area contributed by atoms with Crippen LogP contribution >= 0.6 is 0 Å². The number of benzene rings is 2. The van der Waals surface area contributed by atoms with E-state index in [2.05, 4.69) is 39.2 Å². The molecule has 2 aromatic carbocycles. The summed E-state index contributed by atoms with van der Waals surface area (Å²) in [5.74, 6) is -0.0504. The lowest BCUT2D eigenvalue weighted by Crippen LogP contribution is -2.72. The van der Waals surface area contributed by atoms with E-state index in [0.717, 1.165) is 38.0 Å². The first-order valence-corrected chi connectivity index (χ1v) is 16.0. The third-order valence-electron chi connectivity index (χ3n) is 7.96. The van der Waals surface area contributed by atoms with Crippen molar-refractivity contribution in [2.24, 2.45) is 0 Å². The predicted octanol–water partition coefficient (Wildman–Crippen LogP) is 3.56. The molecule has 216 valence electrons. The Kier molecular flexibility index (Phi) is 10.5. The van der Waals surface area contributed by atoms with Crippen LogP contribution < -0.4 is 10.0 Å². The van der Waals surface area contributed by atoms with Crippen LogP contribution in [0, 0.1) is 0 Å². The topological polar surface area (TPSA) is 98.8 Å². The van der Waals surface area contributed by atoms with Gasteiger partial charge in [0.1, 0.15) is 11.6 Å². The molecule has 2 aromatic rings. The number of rotatable bonds is 13. The molecule has 9 heteroatoms. The molecule has 40 heavy (non-hydrogen) atoms. The van der Waals surface area contributed by atoms with Crippen molar-refractivity contribution in [3.8, 4) is 0 Å². The first kappa shape index (κ1) is 30.0. The highest BCUT2D eigenvalue weighted by Gasteiger charge is 2.52. The zero-order valence-corrected chi connectivity index (χ0v) is 24.2. The Morgan fingerprint density at radius 1 is 0.975 bits per heavy atom. The van der Waals surface area contributed by atoms with E-state index in [9.17, 15) is 18.0 Å². The molecule has 0 aromatic heterocycles. The van der Waals surface area contributed by atoms with E-state index in [1.54, 1.807) is 6.08 Å². The largest absolute Gasteiger partial charge is 0.342 e. The molecule has 2 aliphatic rings. The van der Waals surface area contributed by atoms with Crippen LogP contribution in [0.2, 0.25) is 0 Å². The first-order valence-electron chi connectivity index (χ1n) is 14.4. The molecule has 0 aliphatic carbocycles. The highest BCUT2D eigenvalue weighted by Crippen LogP contribution is 2.34. The lowest BCUT2D eigenvalue weighted by atomic mass is 9.81. The Hall–Kier alpha value is -3.01. The number of nitrogens with zero attached hydrogens (tertiary/aromatic N) is 2. The number of nitrogens with one attached hydrogen (secondary N) is 2. The van der Waals surface area contributed by atoms with Crippen LogP contribution in [0.4, 0.5) is 0 Å². The van der Waals surface area contributed by atoms with Crippen molar-refractivity contribution in [3.05, 3.63) is 77.2 Å². The first-order chi connectivity index (χ1) is 19.3. The molecule has 0 unspecified atom stereocenters. The molecule has 2 aliphatic heterocycles. The van der Waals surface area contributed by atoms with E-state index in [1.165, 1.54) is 11.0 Å². The van der Waals surface area contributed by atoms with Gasteiger partial charge >= 0.3 is 0 Å². The lowest BCUT2D eigenvalue weighted by Gasteiger charge is -2.51. The fourth-order valence-corrected chi connectivity index (χ4v) is 6.52. The molecule has 8 nitrogen and oxygen atoms in total. The van der Waals surface area contributed by atoms with E-state index in [-0.39, 0.29) is 18.4 Å². The number of likely N-dealkylation sites (tertiary alicyclic amines) is 1. The molecule has 2 heterocycles. The quantitative estimate of drug-likeness (QED) is 0.362. The molecule has 2 fully saturated rings. The standard InChI is InChI=1S/C31H42N4O4S/c1-2-21-35-29(36)28(15-9-10-20-32-40(38,39)25-17-27-13-7-4-8-14-27)33-30(37)31(35)18-23-34(24-19-31)22-16-26-11-5-3-6-12-26/h3-8,11-14,17,25,28,32H,2,9-10,15-16,18-24H2,1H3,(H,33,37)/b25-17+/t28-/m0/s1. The van der Waals surface area contributed by atoms with Gasteiger partial charge in [-0.2, -0.15) is 0 Å². The molecular formula is C31H42N4O4S. The van der Waals surface area contributed by atoms with Crippen LogP contribution in [0.15, 0.2) is 66.1 Å². The summed E-state index contributed by atoms with van der Waals surface area (Å²) in [4.78, 5) is 31.3. The highest BCUT2D eigenvalue weighted by atomic mass is 32.2. The monoisotopic (exact) mass is 566 g/mol. The zero-order valence-electron chi connectivity index (χ0n) is 23.4. The van der Waals surface area contributed by atoms with Gasteiger partial charge in [-0.25, -0.2) is 13.1 Å². The van der Waals surface area contributed by atoms with Crippen LogP contribution in [0.25, 0.3) is 6.08 Å². The van der Waals surface area contributed by atoms with Crippen LogP contribution in [-0.2, 0) is 26.0 Å². The van der Waals surface area contributed by atoms with E-state index in [4.69, 9.17) is 0 Å². The van der Waals surface area contributed by atoms with Crippen molar-refractivity contribution in [2.45, 2.75) is 63.5 Å². The Morgan fingerprint density at radius 2 is 1.65 bits per heavy atom. The van der Waals surface area contributed by atoms with E-state index in [0.29, 0.717) is 38.6 Å². The van der Waals surface area contributed by atoms with Crippen LogP contribution in [0.3, 0.4) is 0 Å². The number of piperidine rings is 1. The zero-order chi connectivity index (χ0) is 28.4. The average Bonchev–Trinajstić information content (AvgIpc) is 2.97. The van der Waals surface area contributed by atoms with E-state index < -0.39 is 21.6 Å². The summed E-state index contributed by atoms with van der Waals surface area (Å²) in [6, 6.07) is 19.1. The number of carbonyl (C=O) groups excluding carboxylic acids is 2. The fourth-order valence-electron chi connectivity index (χ4n) is 5.66. The molecule has 2 N–H and O–H groups in total. The van der Waals surface area contributed by atoms with Crippen molar-refractivity contribution in [2.75, 3.05) is 32.7 Å². The van der Waals surface area contributed by atoms with Crippen molar-refractivity contribution in [1.29, 1.82) is 0 Å². The number of hydrogen-bond donors (Lipinski definition) is 2. The SMILES string of the molecule is CCCN1C(=O)[C@H](CCCCNS(=O)(=O)/C=C/c2ccccc2)NC(=O)C12CCN(CCc1ccccc1)CC2. The molecule has 0 radical (unpaired) electrons. The second-order valence-corrected chi connectivity index (χ2v) is 12.4. The van der Waals surface area contributed by atoms with Crippen molar-refractivity contribution >= 4 is 27.9 Å². The average molecular weight is 567 g/mol.